The number of nitrogens with zero attached hydrogens (tertiary/aromatic N) is 2. The molecule has 0 saturated heterocycles. The van der Waals surface area contributed by atoms with Crippen molar-refractivity contribution in [3.8, 4) is 11.3 Å². The fourth-order valence-electron chi connectivity index (χ4n) is 2.49. The Morgan fingerprint density at radius 1 is 1.15 bits per heavy atom. The summed E-state index contributed by atoms with van der Waals surface area (Å²) in [7, 11) is 0. The zero-order chi connectivity index (χ0) is 19.4. The van der Waals surface area contributed by atoms with E-state index in [9.17, 15) is 22.8 Å². The molecule has 6 nitrogen and oxygen atoms in total. The molecule has 0 radical (unpaired) electrons. The third-order valence-electron chi connectivity index (χ3n) is 3.81. The van der Waals surface area contributed by atoms with Gasteiger partial charge in [-0.1, -0.05) is 30.3 Å². The van der Waals surface area contributed by atoms with E-state index in [1.54, 1.807) is 6.20 Å². The predicted molar refractivity (Wildman–Crippen MR) is 91.6 cm³/mol. The number of halogens is 3. The van der Waals surface area contributed by atoms with Gasteiger partial charge >= 0.3 is 6.18 Å². The molecule has 0 atom stereocenters. The molecule has 1 aromatic carbocycles. The van der Waals surface area contributed by atoms with Crippen molar-refractivity contribution in [3.05, 3.63) is 76.6 Å². The summed E-state index contributed by atoms with van der Waals surface area (Å²) >= 11 is 0. The van der Waals surface area contributed by atoms with Crippen LogP contribution in [-0.2, 0) is 24.1 Å². The molecule has 3 rings (SSSR count). The van der Waals surface area contributed by atoms with Crippen LogP contribution in [0.4, 0.5) is 13.2 Å². The number of nitrogens with one attached hydrogen (secondary N) is 2. The number of imidazole rings is 1. The summed E-state index contributed by atoms with van der Waals surface area (Å²) in [6, 6.07) is 11.2. The molecule has 27 heavy (non-hydrogen) atoms. The highest BCUT2D eigenvalue weighted by Gasteiger charge is 2.34. The summed E-state index contributed by atoms with van der Waals surface area (Å²) in [5.41, 5.74) is -0.868. The average Bonchev–Trinajstić information content (AvgIpc) is 3.11. The smallest absolute Gasteiger partial charge is 0.347 e. The van der Waals surface area contributed by atoms with Crippen molar-refractivity contribution in [1.29, 1.82) is 0 Å². The molecule has 0 aliphatic rings. The zero-order valence-electron chi connectivity index (χ0n) is 14.0. The number of rotatable bonds is 5. The van der Waals surface area contributed by atoms with Crippen LogP contribution in [0, 0.1) is 0 Å². The van der Waals surface area contributed by atoms with E-state index >= 15 is 0 Å². The number of alkyl halides is 3. The SMILES string of the molecule is O=C(Cn1cccc(C(F)(F)F)c1=O)NCc1ncc(-c2ccccc2)[nH]1. The fraction of sp³-hybridized carbons (Fsp3) is 0.167. The lowest BCUT2D eigenvalue weighted by atomic mass is 10.2. The molecule has 0 aliphatic carbocycles. The first kappa shape index (κ1) is 18.4. The summed E-state index contributed by atoms with van der Waals surface area (Å²) in [5, 5.41) is 2.52. The summed E-state index contributed by atoms with van der Waals surface area (Å²) in [6.45, 7) is -0.464. The van der Waals surface area contributed by atoms with Crippen molar-refractivity contribution in [1.82, 2.24) is 19.9 Å². The minimum atomic E-state index is -4.77. The van der Waals surface area contributed by atoms with Gasteiger partial charge in [0.1, 0.15) is 17.9 Å². The van der Waals surface area contributed by atoms with Crippen LogP contribution in [0.2, 0.25) is 0 Å². The monoisotopic (exact) mass is 376 g/mol. The number of carbonyl (C=O) groups excluding carboxylic acids is 1. The van der Waals surface area contributed by atoms with Gasteiger partial charge in [-0.3, -0.25) is 9.59 Å². The molecule has 2 aromatic heterocycles. The number of hydrogen-bond acceptors (Lipinski definition) is 3. The number of amides is 1. The highest BCUT2D eigenvalue weighted by atomic mass is 19.4. The maximum absolute atomic E-state index is 12.8. The fourth-order valence-corrected chi connectivity index (χ4v) is 2.49. The van der Waals surface area contributed by atoms with Gasteiger partial charge in [0.15, 0.2) is 0 Å². The van der Waals surface area contributed by atoms with Crippen molar-refractivity contribution < 1.29 is 18.0 Å². The second kappa shape index (κ2) is 7.48. The van der Waals surface area contributed by atoms with Crippen LogP contribution in [0.25, 0.3) is 11.3 Å². The van der Waals surface area contributed by atoms with E-state index in [2.05, 4.69) is 15.3 Å². The minimum absolute atomic E-state index is 0.0549. The first-order chi connectivity index (χ1) is 12.8. The molecule has 3 aromatic rings. The second-order valence-corrected chi connectivity index (χ2v) is 5.74. The van der Waals surface area contributed by atoms with Crippen molar-refractivity contribution in [2.75, 3.05) is 0 Å². The van der Waals surface area contributed by atoms with Crippen LogP contribution in [0.1, 0.15) is 11.4 Å². The molecule has 2 N–H and O–H groups in total. The zero-order valence-corrected chi connectivity index (χ0v) is 14.0. The first-order valence-corrected chi connectivity index (χ1v) is 7.97. The van der Waals surface area contributed by atoms with E-state index in [1.807, 2.05) is 30.3 Å². The Bertz CT molecular complexity index is 994. The topological polar surface area (TPSA) is 79.8 Å². The molecular formula is C18H15F3N4O2. The molecule has 1 amide bonds. The summed E-state index contributed by atoms with van der Waals surface area (Å²) < 4.78 is 39.0. The van der Waals surface area contributed by atoms with Crippen molar-refractivity contribution in [3.63, 3.8) is 0 Å². The molecule has 2 heterocycles. The van der Waals surface area contributed by atoms with E-state index in [4.69, 9.17) is 0 Å². The quantitative estimate of drug-likeness (QED) is 0.718. The van der Waals surface area contributed by atoms with Gasteiger partial charge in [-0.15, -0.1) is 0 Å². The molecule has 0 fully saturated rings. The number of aromatic amines is 1. The van der Waals surface area contributed by atoms with E-state index in [-0.39, 0.29) is 6.54 Å². The number of hydrogen-bond donors (Lipinski definition) is 2. The van der Waals surface area contributed by atoms with Gasteiger partial charge in [0.25, 0.3) is 5.56 Å². The standard InChI is InChI=1S/C18H15F3N4O2/c19-18(20,21)13-7-4-8-25(17(13)27)11-16(26)23-10-15-22-9-14(24-15)12-5-2-1-3-6-12/h1-9H,10-11H2,(H,22,24)(H,23,26). The lowest BCUT2D eigenvalue weighted by Crippen LogP contribution is -2.34. The number of carbonyl (C=O) groups is 1. The Morgan fingerprint density at radius 2 is 1.89 bits per heavy atom. The van der Waals surface area contributed by atoms with Crippen LogP contribution in [0.3, 0.4) is 0 Å². The lowest BCUT2D eigenvalue weighted by Gasteiger charge is -2.10. The van der Waals surface area contributed by atoms with Crippen LogP contribution in [0.15, 0.2) is 59.7 Å². The van der Waals surface area contributed by atoms with Crippen LogP contribution in [-0.4, -0.2) is 20.4 Å². The van der Waals surface area contributed by atoms with Crippen molar-refractivity contribution in [2.24, 2.45) is 0 Å². The molecule has 0 spiro atoms. The van der Waals surface area contributed by atoms with E-state index in [0.717, 1.165) is 28.1 Å². The molecule has 9 heteroatoms. The van der Waals surface area contributed by atoms with E-state index in [1.165, 1.54) is 0 Å². The molecular weight excluding hydrogens is 361 g/mol. The molecule has 0 saturated carbocycles. The van der Waals surface area contributed by atoms with Crippen LogP contribution >= 0.6 is 0 Å². The van der Waals surface area contributed by atoms with Gasteiger partial charge in [-0.2, -0.15) is 13.2 Å². The molecule has 0 aliphatic heterocycles. The number of aromatic nitrogens is 3. The highest BCUT2D eigenvalue weighted by Crippen LogP contribution is 2.25. The van der Waals surface area contributed by atoms with Gasteiger partial charge in [-0.25, -0.2) is 4.98 Å². The minimum Gasteiger partial charge on any atom is -0.347 e. The van der Waals surface area contributed by atoms with Gasteiger partial charge in [-0.05, 0) is 17.7 Å². The van der Waals surface area contributed by atoms with Crippen molar-refractivity contribution in [2.45, 2.75) is 19.3 Å². The van der Waals surface area contributed by atoms with E-state index < -0.39 is 29.8 Å². The number of pyridine rings is 1. The number of H-pyrrole nitrogens is 1. The lowest BCUT2D eigenvalue weighted by molar-refractivity contribution is -0.139. The first-order valence-electron chi connectivity index (χ1n) is 7.97. The summed E-state index contributed by atoms with van der Waals surface area (Å²) in [5.74, 6) is -0.118. The Labute approximate surface area is 151 Å². The highest BCUT2D eigenvalue weighted by molar-refractivity contribution is 5.75. The van der Waals surface area contributed by atoms with Gasteiger partial charge in [0.2, 0.25) is 5.91 Å². The molecule has 140 valence electrons. The Hall–Kier alpha value is -3.36. The maximum Gasteiger partial charge on any atom is 0.421 e. The Balaban J connectivity index is 1.63. The Kier molecular flexibility index (Phi) is 5.11. The van der Waals surface area contributed by atoms with Gasteiger partial charge < -0.3 is 14.9 Å². The predicted octanol–water partition coefficient (Wildman–Crippen LogP) is 2.57. The Morgan fingerprint density at radius 3 is 2.59 bits per heavy atom. The third kappa shape index (κ3) is 4.43. The van der Waals surface area contributed by atoms with Gasteiger partial charge in [0, 0.05) is 6.20 Å². The summed E-state index contributed by atoms with van der Waals surface area (Å²) in [4.78, 5) is 31.0. The normalized spacial score (nSPS) is 11.4. The van der Waals surface area contributed by atoms with Crippen LogP contribution < -0.4 is 10.9 Å². The maximum atomic E-state index is 12.8. The van der Waals surface area contributed by atoms with E-state index in [0.29, 0.717) is 11.9 Å². The van der Waals surface area contributed by atoms with Crippen LogP contribution in [0.5, 0.6) is 0 Å². The van der Waals surface area contributed by atoms with Gasteiger partial charge in [0.05, 0.1) is 18.4 Å². The van der Waals surface area contributed by atoms with Crippen molar-refractivity contribution >= 4 is 5.91 Å². The second-order valence-electron chi connectivity index (χ2n) is 5.74. The molecule has 0 bridgehead atoms. The average molecular weight is 376 g/mol. The third-order valence-corrected chi connectivity index (χ3v) is 3.81. The largest absolute Gasteiger partial charge is 0.421 e. The summed E-state index contributed by atoms with van der Waals surface area (Å²) in [6.07, 6.45) is -2.01. The number of benzene rings is 1. The molecule has 0 unspecified atom stereocenters.